The van der Waals surface area contributed by atoms with Crippen molar-refractivity contribution in [3.63, 3.8) is 0 Å². The van der Waals surface area contributed by atoms with Crippen molar-refractivity contribution in [3.05, 3.63) is 75.7 Å². The molecule has 2 heterocycles. The first-order chi connectivity index (χ1) is 16.2. The normalized spacial score (nSPS) is 14.6. The molecule has 0 atom stereocenters. The minimum Gasteiger partial charge on any atom is -0.339 e. The van der Waals surface area contributed by atoms with Gasteiger partial charge in [0.25, 0.3) is 21.5 Å². The molecular formula is C25H30N4O4S. The number of nitrogens with one attached hydrogen (secondary N) is 1. The molecule has 4 rings (SSSR count). The maximum Gasteiger partial charge on any atom is 0.296 e. The number of likely N-dealkylation sites (tertiary alicyclic amines) is 1. The van der Waals surface area contributed by atoms with Crippen LogP contribution in [-0.4, -0.2) is 41.7 Å². The van der Waals surface area contributed by atoms with Crippen molar-refractivity contribution in [1.29, 1.82) is 0 Å². The lowest BCUT2D eigenvalue weighted by atomic mass is 10.1. The second-order valence-corrected chi connectivity index (χ2v) is 10.4. The zero-order valence-corrected chi connectivity index (χ0v) is 20.6. The van der Waals surface area contributed by atoms with Crippen molar-refractivity contribution in [2.45, 2.75) is 44.4 Å². The van der Waals surface area contributed by atoms with Gasteiger partial charge in [0.1, 0.15) is 5.69 Å². The number of hydrogen-bond donors (Lipinski definition) is 1. The Labute approximate surface area is 199 Å². The highest BCUT2D eigenvalue weighted by Gasteiger charge is 2.25. The van der Waals surface area contributed by atoms with Crippen LogP contribution in [0.5, 0.6) is 0 Å². The number of benzene rings is 2. The van der Waals surface area contributed by atoms with Crippen molar-refractivity contribution < 1.29 is 13.2 Å². The van der Waals surface area contributed by atoms with Gasteiger partial charge < -0.3 is 4.90 Å². The molecule has 9 heteroatoms. The maximum atomic E-state index is 13.3. The van der Waals surface area contributed by atoms with E-state index in [-0.39, 0.29) is 16.5 Å². The molecule has 1 aliphatic rings. The summed E-state index contributed by atoms with van der Waals surface area (Å²) in [4.78, 5) is 28.1. The molecule has 8 nitrogen and oxygen atoms in total. The molecule has 34 heavy (non-hydrogen) atoms. The van der Waals surface area contributed by atoms with Crippen LogP contribution >= 0.6 is 0 Å². The lowest BCUT2D eigenvalue weighted by Crippen LogP contribution is -2.32. The number of rotatable bonds is 5. The molecule has 0 bridgehead atoms. The third kappa shape index (κ3) is 4.52. The van der Waals surface area contributed by atoms with Gasteiger partial charge in [0.15, 0.2) is 0 Å². The summed E-state index contributed by atoms with van der Waals surface area (Å²) in [6, 6.07) is 13.5. The van der Waals surface area contributed by atoms with E-state index < -0.39 is 15.6 Å². The molecule has 0 aliphatic carbocycles. The number of carbonyl (C=O) groups excluding carboxylic acids is 1. The zero-order valence-electron chi connectivity index (χ0n) is 19.7. The Kier molecular flexibility index (Phi) is 6.65. The quantitative estimate of drug-likeness (QED) is 0.601. The average Bonchev–Trinajstić information content (AvgIpc) is 3.03. The summed E-state index contributed by atoms with van der Waals surface area (Å²) in [6.45, 7) is 4.84. The molecule has 3 aromatic rings. The summed E-state index contributed by atoms with van der Waals surface area (Å²) in [5.74, 6) is -0.154. The van der Waals surface area contributed by atoms with Gasteiger partial charge in [0, 0.05) is 25.7 Å². The van der Waals surface area contributed by atoms with E-state index >= 15 is 0 Å². The van der Waals surface area contributed by atoms with Gasteiger partial charge in [-0.2, -0.15) is 0 Å². The first-order valence-corrected chi connectivity index (χ1v) is 13.0. The van der Waals surface area contributed by atoms with Crippen molar-refractivity contribution in [1.82, 2.24) is 14.3 Å². The SMILES string of the molecule is Cc1ccc(S(=O)(=O)Nc2c(C)n(C)n(-c3ccccc3)c2=O)cc1C(=O)N1CCCCCC1. The molecule has 180 valence electrons. The van der Waals surface area contributed by atoms with E-state index in [2.05, 4.69) is 4.72 Å². The molecule has 1 aromatic heterocycles. The van der Waals surface area contributed by atoms with E-state index in [1.807, 2.05) is 18.2 Å². The number of amides is 1. The number of nitrogens with zero attached hydrogens (tertiary/aromatic N) is 3. The third-order valence-electron chi connectivity index (χ3n) is 6.43. The van der Waals surface area contributed by atoms with Crippen molar-refractivity contribution in [2.75, 3.05) is 17.8 Å². The fourth-order valence-electron chi connectivity index (χ4n) is 4.32. The third-order valence-corrected chi connectivity index (χ3v) is 7.78. The summed E-state index contributed by atoms with van der Waals surface area (Å²) < 4.78 is 32.1. The summed E-state index contributed by atoms with van der Waals surface area (Å²) in [6.07, 6.45) is 4.09. The predicted molar refractivity (Wildman–Crippen MR) is 132 cm³/mol. The van der Waals surface area contributed by atoms with Gasteiger partial charge in [-0.3, -0.25) is 19.0 Å². The Morgan fingerprint density at radius 1 is 0.941 bits per heavy atom. The minimum atomic E-state index is -4.10. The van der Waals surface area contributed by atoms with Crippen LogP contribution < -0.4 is 10.3 Å². The molecule has 1 aliphatic heterocycles. The van der Waals surface area contributed by atoms with Gasteiger partial charge in [-0.15, -0.1) is 0 Å². The smallest absolute Gasteiger partial charge is 0.296 e. The average molecular weight is 483 g/mol. The summed E-state index contributed by atoms with van der Waals surface area (Å²) in [7, 11) is -2.40. The Hall–Kier alpha value is -3.33. The molecule has 0 radical (unpaired) electrons. The molecule has 0 unspecified atom stereocenters. The number of aryl methyl sites for hydroxylation is 1. The summed E-state index contributed by atoms with van der Waals surface area (Å²) >= 11 is 0. The van der Waals surface area contributed by atoms with E-state index in [0.29, 0.717) is 30.0 Å². The van der Waals surface area contributed by atoms with Crippen LogP contribution in [0, 0.1) is 13.8 Å². The summed E-state index contributed by atoms with van der Waals surface area (Å²) in [5.41, 5.74) is 1.71. The fraction of sp³-hybridized carbons (Fsp3) is 0.360. The van der Waals surface area contributed by atoms with Crippen LogP contribution in [0.2, 0.25) is 0 Å². The molecule has 0 spiro atoms. The largest absolute Gasteiger partial charge is 0.339 e. The Morgan fingerprint density at radius 2 is 1.59 bits per heavy atom. The standard InChI is InChI=1S/C25H30N4O4S/c1-18-13-14-21(17-22(18)24(30)28-15-9-4-5-10-16-28)34(32,33)26-23-19(2)27(3)29(25(23)31)20-11-7-6-8-12-20/h6-8,11-14,17,26H,4-5,9-10,15-16H2,1-3H3. The van der Waals surface area contributed by atoms with Gasteiger partial charge in [-0.1, -0.05) is 37.1 Å². The number of carbonyl (C=O) groups is 1. The second kappa shape index (κ2) is 9.50. The first-order valence-electron chi connectivity index (χ1n) is 11.5. The molecule has 0 saturated carbocycles. The first kappa shape index (κ1) is 23.8. The number of anilines is 1. The zero-order chi connectivity index (χ0) is 24.5. The summed E-state index contributed by atoms with van der Waals surface area (Å²) in [5, 5.41) is 0. The molecule has 1 saturated heterocycles. The number of hydrogen-bond acceptors (Lipinski definition) is 4. The van der Waals surface area contributed by atoms with Crippen LogP contribution in [0.1, 0.15) is 47.3 Å². The van der Waals surface area contributed by atoms with Gasteiger partial charge in [0.2, 0.25) is 0 Å². The number of sulfonamides is 1. The van der Waals surface area contributed by atoms with Crippen LogP contribution in [0.4, 0.5) is 5.69 Å². The molecule has 1 fully saturated rings. The van der Waals surface area contributed by atoms with Crippen molar-refractivity contribution in [3.8, 4) is 5.69 Å². The van der Waals surface area contributed by atoms with E-state index in [9.17, 15) is 18.0 Å². The van der Waals surface area contributed by atoms with E-state index in [1.165, 1.54) is 16.8 Å². The van der Waals surface area contributed by atoms with Crippen LogP contribution in [0.25, 0.3) is 5.69 Å². The Bertz CT molecular complexity index is 1370. The van der Waals surface area contributed by atoms with E-state index in [0.717, 1.165) is 31.2 Å². The highest BCUT2D eigenvalue weighted by atomic mass is 32.2. The fourth-order valence-corrected chi connectivity index (χ4v) is 5.46. The van der Waals surface area contributed by atoms with Gasteiger partial charge in [0.05, 0.1) is 16.3 Å². The van der Waals surface area contributed by atoms with Gasteiger partial charge in [-0.05, 0) is 56.5 Å². The van der Waals surface area contributed by atoms with Crippen molar-refractivity contribution >= 4 is 21.6 Å². The maximum absolute atomic E-state index is 13.3. The molecule has 2 aromatic carbocycles. The number of para-hydroxylation sites is 1. The van der Waals surface area contributed by atoms with E-state index in [1.54, 1.807) is 48.7 Å². The number of aromatic nitrogens is 2. The van der Waals surface area contributed by atoms with Crippen LogP contribution in [0.15, 0.2) is 58.2 Å². The second-order valence-electron chi connectivity index (χ2n) is 8.73. The van der Waals surface area contributed by atoms with E-state index in [4.69, 9.17) is 0 Å². The highest BCUT2D eigenvalue weighted by molar-refractivity contribution is 7.92. The molecular weight excluding hydrogens is 452 g/mol. The van der Waals surface area contributed by atoms with Crippen molar-refractivity contribution in [2.24, 2.45) is 7.05 Å². The lowest BCUT2D eigenvalue weighted by molar-refractivity contribution is 0.0760. The molecule has 1 amide bonds. The molecule has 1 N–H and O–H groups in total. The lowest BCUT2D eigenvalue weighted by Gasteiger charge is -2.21. The predicted octanol–water partition coefficient (Wildman–Crippen LogP) is 3.61. The topological polar surface area (TPSA) is 93.4 Å². The van der Waals surface area contributed by atoms with Crippen LogP contribution in [0.3, 0.4) is 0 Å². The van der Waals surface area contributed by atoms with Crippen LogP contribution in [-0.2, 0) is 17.1 Å². The Balaban J connectivity index is 1.68. The highest BCUT2D eigenvalue weighted by Crippen LogP contribution is 2.23. The monoisotopic (exact) mass is 482 g/mol. The van der Waals surface area contributed by atoms with Gasteiger partial charge in [-0.25, -0.2) is 13.1 Å². The Morgan fingerprint density at radius 3 is 2.24 bits per heavy atom. The van der Waals surface area contributed by atoms with Gasteiger partial charge >= 0.3 is 0 Å². The minimum absolute atomic E-state index is 0.0210.